The van der Waals surface area contributed by atoms with Crippen LogP contribution in [0.5, 0.6) is 0 Å². The van der Waals surface area contributed by atoms with Gasteiger partial charge in [-0.3, -0.25) is 4.79 Å². The Morgan fingerprint density at radius 1 is 1.38 bits per heavy atom. The summed E-state index contributed by atoms with van der Waals surface area (Å²) >= 11 is 0. The zero-order valence-electron chi connectivity index (χ0n) is 8.74. The molecule has 1 atom stereocenters. The molecule has 0 spiro atoms. The number of nitrogens with two attached hydrogens (primary N) is 1. The van der Waals surface area contributed by atoms with Crippen LogP contribution >= 0.6 is 0 Å². The van der Waals surface area contributed by atoms with Gasteiger partial charge in [0.15, 0.2) is 11.9 Å². The zero-order valence-corrected chi connectivity index (χ0v) is 8.74. The van der Waals surface area contributed by atoms with E-state index in [1.165, 1.54) is 4.80 Å². The lowest BCUT2D eigenvalue weighted by Crippen LogP contribution is -2.29. The number of carbonyl (C=O) groups is 1. The lowest BCUT2D eigenvalue weighted by molar-refractivity contribution is -0.120. The first kappa shape index (κ1) is 10.3. The van der Waals surface area contributed by atoms with Crippen LogP contribution in [0.1, 0.15) is 17.4 Å². The van der Waals surface area contributed by atoms with Gasteiger partial charge in [-0.05, 0) is 17.7 Å². The molecule has 0 aliphatic carbocycles. The highest BCUT2D eigenvalue weighted by Gasteiger charge is 2.22. The molecule has 0 radical (unpaired) electrons. The van der Waals surface area contributed by atoms with E-state index in [0.717, 1.165) is 5.56 Å². The minimum absolute atomic E-state index is 0.502. The smallest absolute Gasteiger partial charge is 0.248 e. The summed E-state index contributed by atoms with van der Waals surface area (Å²) in [5.41, 5.74) is 6.09. The predicted molar refractivity (Wildman–Crippen MR) is 56.3 cm³/mol. The van der Waals surface area contributed by atoms with Gasteiger partial charge in [0.25, 0.3) is 0 Å². The van der Waals surface area contributed by atoms with E-state index >= 15 is 0 Å². The van der Waals surface area contributed by atoms with Crippen molar-refractivity contribution in [2.24, 2.45) is 5.73 Å². The standard InChI is InChI=1S/C10H11N5O/c1-7-12-14-15(13-7)9(10(11)16)8-5-3-2-4-6-8/h2-6,9H,1H3,(H2,11,16). The van der Waals surface area contributed by atoms with Crippen molar-refractivity contribution in [3.05, 3.63) is 41.7 Å². The lowest BCUT2D eigenvalue weighted by Gasteiger charge is -2.11. The molecule has 0 bridgehead atoms. The minimum atomic E-state index is -0.706. The van der Waals surface area contributed by atoms with Crippen LogP contribution in [0, 0.1) is 6.92 Å². The molecule has 1 amide bonds. The molecule has 0 saturated carbocycles. The van der Waals surface area contributed by atoms with Gasteiger partial charge in [0.2, 0.25) is 5.91 Å². The number of tetrazole rings is 1. The van der Waals surface area contributed by atoms with Crippen molar-refractivity contribution in [1.82, 2.24) is 20.2 Å². The Balaban J connectivity index is 2.43. The summed E-state index contributed by atoms with van der Waals surface area (Å²) in [4.78, 5) is 12.6. The van der Waals surface area contributed by atoms with Crippen molar-refractivity contribution in [1.29, 1.82) is 0 Å². The van der Waals surface area contributed by atoms with E-state index < -0.39 is 11.9 Å². The summed E-state index contributed by atoms with van der Waals surface area (Å²) in [5, 5.41) is 11.5. The van der Waals surface area contributed by atoms with Crippen molar-refractivity contribution in [2.75, 3.05) is 0 Å². The third-order valence-electron chi connectivity index (χ3n) is 2.14. The predicted octanol–water partition coefficient (Wildman–Crippen LogP) is 0.0562. The molecule has 0 aliphatic heterocycles. The Bertz CT molecular complexity index is 493. The van der Waals surface area contributed by atoms with Crippen molar-refractivity contribution in [3.63, 3.8) is 0 Å². The second-order valence-electron chi connectivity index (χ2n) is 3.37. The van der Waals surface area contributed by atoms with Gasteiger partial charge in [-0.25, -0.2) is 0 Å². The van der Waals surface area contributed by atoms with Gasteiger partial charge >= 0.3 is 0 Å². The third kappa shape index (κ3) is 1.90. The normalized spacial score (nSPS) is 12.3. The largest absolute Gasteiger partial charge is 0.367 e. The van der Waals surface area contributed by atoms with E-state index in [4.69, 9.17) is 5.73 Å². The Kier molecular flexibility index (Phi) is 2.63. The molecule has 6 nitrogen and oxygen atoms in total. The Hall–Kier alpha value is -2.24. The lowest BCUT2D eigenvalue weighted by atomic mass is 10.1. The van der Waals surface area contributed by atoms with Gasteiger partial charge in [-0.15, -0.1) is 15.0 Å². The highest BCUT2D eigenvalue weighted by molar-refractivity contribution is 5.81. The number of rotatable bonds is 3. The fourth-order valence-corrected chi connectivity index (χ4v) is 1.45. The maximum atomic E-state index is 11.4. The number of hydrogen-bond donors (Lipinski definition) is 1. The number of nitrogens with zero attached hydrogens (tertiary/aromatic N) is 4. The topological polar surface area (TPSA) is 86.7 Å². The van der Waals surface area contributed by atoms with Crippen LogP contribution < -0.4 is 5.73 Å². The first-order valence-electron chi connectivity index (χ1n) is 4.79. The van der Waals surface area contributed by atoms with E-state index in [2.05, 4.69) is 15.4 Å². The van der Waals surface area contributed by atoms with Gasteiger partial charge in [0.05, 0.1) is 0 Å². The molecule has 2 rings (SSSR count). The van der Waals surface area contributed by atoms with Crippen molar-refractivity contribution >= 4 is 5.91 Å². The summed E-state index contributed by atoms with van der Waals surface area (Å²) in [7, 11) is 0. The van der Waals surface area contributed by atoms with E-state index in [9.17, 15) is 4.79 Å². The quantitative estimate of drug-likeness (QED) is 0.787. The zero-order chi connectivity index (χ0) is 11.5. The highest BCUT2D eigenvalue weighted by Crippen LogP contribution is 2.15. The van der Waals surface area contributed by atoms with Crippen molar-refractivity contribution < 1.29 is 4.79 Å². The molecule has 6 heteroatoms. The van der Waals surface area contributed by atoms with Gasteiger partial charge in [-0.2, -0.15) is 0 Å². The molecule has 0 aliphatic rings. The second kappa shape index (κ2) is 4.09. The summed E-state index contributed by atoms with van der Waals surface area (Å²) in [6, 6.07) is 8.41. The maximum absolute atomic E-state index is 11.4. The number of aryl methyl sites for hydroxylation is 1. The number of amides is 1. The second-order valence-corrected chi connectivity index (χ2v) is 3.37. The van der Waals surface area contributed by atoms with Crippen molar-refractivity contribution in [2.45, 2.75) is 13.0 Å². The van der Waals surface area contributed by atoms with E-state index in [-0.39, 0.29) is 0 Å². The van der Waals surface area contributed by atoms with Crippen LogP contribution in [0.2, 0.25) is 0 Å². The molecule has 16 heavy (non-hydrogen) atoms. The molecule has 82 valence electrons. The Labute approximate surface area is 92.1 Å². The monoisotopic (exact) mass is 217 g/mol. The Morgan fingerprint density at radius 3 is 2.56 bits per heavy atom. The van der Waals surface area contributed by atoms with Crippen LogP contribution in [0.25, 0.3) is 0 Å². The van der Waals surface area contributed by atoms with Crippen LogP contribution in [-0.4, -0.2) is 26.1 Å². The minimum Gasteiger partial charge on any atom is -0.367 e. The molecule has 1 unspecified atom stereocenters. The summed E-state index contributed by atoms with van der Waals surface area (Å²) < 4.78 is 0. The SMILES string of the molecule is Cc1nnn(C(C(N)=O)c2ccccc2)n1. The van der Waals surface area contributed by atoms with Crippen molar-refractivity contribution in [3.8, 4) is 0 Å². The fourth-order valence-electron chi connectivity index (χ4n) is 1.45. The highest BCUT2D eigenvalue weighted by atomic mass is 16.1. The molecule has 2 aromatic rings. The van der Waals surface area contributed by atoms with Crippen LogP contribution in [0.3, 0.4) is 0 Å². The maximum Gasteiger partial charge on any atom is 0.248 e. The molecular weight excluding hydrogens is 206 g/mol. The number of carbonyl (C=O) groups excluding carboxylic acids is 1. The van der Waals surface area contributed by atoms with Gasteiger partial charge in [0.1, 0.15) is 0 Å². The molecule has 0 fully saturated rings. The molecular formula is C10H11N5O. The van der Waals surface area contributed by atoms with Gasteiger partial charge in [-0.1, -0.05) is 30.3 Å². The summed E-state index contributed by atoms with van der Waals surface area (Å²) in [6.45, 7) is 1.70. The average molecular weight is 217 g/mol. The first-order chi connectivity index (χ1) is 7.68. The van der Waals surface area contributed by atoms with Crippen LogP contribution in [0.15, 0.2) is 30.3 Å². The van der Waals surface area contributed by atoms with Crippen LogP contribution in [0.4, 0.5) is 0 Å². The molecule has 2 N–H and O–H groups in total. The first-order valence-corrected chi connectivity index (χ1v) is 4.79. The van der Waals surface area contributed by atoms with Gasteiger partial charge < -0.3 is 5.73 Å². The van der Waals surface area contributed by atoms with E-state index in [1.54, 1.807) is 19.1 Å². The molecule has 0 saturated heterocycles. The van der Waals surface area contributed by atoms with E-state index in [0.29, 0.717) is 5.82 Å². The Morgan fingerprint density at radius 2 is 2.06 bits per heavy atom. The number of hydrogen-bond acceptors (Lipinski definition) is 4. The van der Waals surface area contributed by atoms with Crippen LogP contribution in [-0.2, 0) is 4.79 Å². The van der Waals surface area contributed by atoms with E-state index in [1.807, 2.05) is 18.2 Å². The molecule has 1 heterocycles. The number of benzene rings is 1. The number of aromatic nitrogens is 4. The third-order valence-corrected chi connectivity index (χ3v) is 2.14. The fraction of sp³-hybridized carbons (Fsp3) is 0.200. The summed E-state index contributed by atoms with van der Waals surface area (Å²) in [5.74, 6) is -0.00854. The number of primary amides is 1. The molecule has 1 aromatic heterocycles. The average Bonchev–Trinajstić information content (AvgIpc) is 2.66. The van der Waals surface area contributed by atoms with Gasteiger partial charge in [0, 0.05) is 0 Å². The summed E-state index contributed by atoms with van der Waals surface area (Å²) in [6.07, 6.45) is 0. The molecule has 1 aromatic carbocycles.